The number of hydrogen-bond donors (Lipinski definition) is 0. The van der Waals surface area contributed by atoms with Crippen molar-refractivity contribution in [3.63, 3.8) is 0 Å². The molecule has 3 aromatic carbocycles. The van der Waals surface area contributed by atoms with Crippen molar-refractivity contribution in [3.05, 3.63) is 90.6 Å². The lowest BCUT2D eigenvalue weighted by molar-refractivity contribution is 0.297. The zero-order valence-corrected chi connectivity index (χ0v) is 14.2. The van der Waals surface area contributed by atoms with E-state index in [1.807, 2.05) is 72.8 Å². The maximum atomic E-state index is 5.87. The fraction of sp³-hybridized carbons (Fsp3) is 0.0909. The summed E-state index contributed by atoms with van der Waals surface area (Å²) in [5.41, 5.74) is 2.02. The molecule has 0 atom stereocenters. The molecule has 0 fully saturated rings. The Morgan fingerprint density at radius 2 is 1.58 bits per heavy atom. The molecule has 0 aliphatic heterocycles. The zero-order valence-electron chi connectivity index (χ0n) is 14.2. The van der Waals surface area contributed by atoms with E-state index in [0.29, 0.717) is 12.6 Å². The van der Waals surface area contributed by atoms with Crippen LogP contribution in [0.25, 0.3) is 10.9 Å². The van der Waals surface area contributed by atoms with Crippen LogP contribution in [0.1, 0.15) is 5.56 Å². The van der Waals surface area contributed by atoms with Crippen molar-refractivity contribution in [2.45, 2.75) is 6.42 Å². The topological polar surface area (TPSA) is 44.2 Å². The molecule has 0 aliphatic rings. The largest absolute Gasteiger partial charge is 0.463 e. The van der Waals surface area contributed by atoms with E-state index in [-0.39, 0.29) is 0 Å². The summed E-state index contributed by atoms with van der Waals surface area (Å²) in [5.74, 6) is 1.64. The molecule has 0 unspecified atom stereocenters. The molecule has 0 radical (unpaired) electrons. The Labute approximate surface area is 152 Å². The van der Waals surface area contributed by atoms with Crippen molar-refractivity contribution in [1.82, 2.24) is 9.97 Å². The van der Waals surface area contributed by atoms with E-state index in [1.165, 1.54) is 0 Å². The molecule has 0 N–H and O–H groups in total. The Morgan fingerprint density at radius 3 is 2.50 bits per heavy atom. The first-order chi connectivity index (χ1) is 12.9. The first-order valence-corrected chi connectivity index (χ1v) is 8.53. The van der Waals surface area contributed by atoms with Crippen LogP contribution >= 0.6 is 0 Å². The Balaban J connectivity index is 1.37. The highest BCUT2D eigenvalue weighted by molar-refractivity contribution is 5.77. The van der Waals surface area contributed by atoms with Crippen LogP contribution in [-0.2, 0) is 6.42 Å². The minimum absolute atomic E-state index is 0.403. The second kappa shape index (κ2) is 7.66. The smallest absolute Gasteiger partial charge is 0.316 e. The maximum absolute atomic E-state index is 5.87. The van der Waals surface area contributed by atoms with E-state index in [9.17, 15) is 0 Å². The van der Waals surface area contributed by atoms with E-state index >= 15 is 0 Å². The second-order valence-corrected chi connectivity index (χ2v) is 5.87. The monoisotopic (exact) mass is 342 g/mol. The molecule has 4 heteroatoms. The fourth-order valence-corrected chi connectivity index (χ4v) is 2.67. The van der Waals surface area contributed by atoms with Gasteiger partial charge in [-0.3, -0.25) is 0 Å². The van der Waals surface area contributed by atoms with Crippen LogP contribution in [0.2, 0.25) is 0 Å². The molecule has 128 valence electrons. The van der Waals surface area contributed by atoms with Crippen molar-refractivity contribution in [1.29, 1.82) is 0 Å². The Kier molecular flexibility index (Phi) is 4.74. The number of hydrogen-bond acceptors (Lipinski definition) is 4. The van der Waals surface area contributed by atoms with Gasteiger partial charge in [0.05, 0.1) is 12.1 Å². The molecular weight excluding hydrogens is 324 g/mol. The molecule has 0 bridgehead atoms. The zero-order chi connectivity index (χ0) is 17.6. The SMILES string of the molecule is c1ccc(Oc2cccc(CCOc3ncc4ccccc4n3)c2)cc1. The summed E-state index contributed by atoms with van der Waals surface area (Å²) in [5, 5.41) is 1.01. The van der Waals surface area contributed by atoms with Gasteiger partial charge in [-0.15, -0.1) is 0 Å². The van der Waals surface area contributed by atoms with Crippen LogP contribution in [-0.4, -0.2) is 16.6 Å². The number of aromatic nitrogens is 2. The molecule has 4 aromatic rings. The third kappa shape index (κ3) is 3.98. The Hall–Kier alpha value is -3.40. The number of fused-ring (bicyclic) bond motifs is 1. The van der Waals surface area contributed by atoms with E-state index in [0.717, 1.165) is 34.4 Å². The molecule has 0 saturated carbocycles. The first-order valence-electron chi connectivity index (χ1n) is 8.53. The van der Waals surface area contributed by atoms with Crippen LogP contribution in [0.5, 0.6) is 17.5 Å². The van der Waals surface area contributed by atoms with E-state index in [2.05, 4.69) is 16.0 Å². The van der Waals surface area contributed by atoms with Gasteiger partial charge in [0, 0.05) is 18.0 Å². The number of ether oxygens (including phenoxy) is 2. The van der Waals surface area contributed by atoms with Gasteiger partial charge >= 0.3 is 6.01 Å². The average molecular weight is 342 g/mol. The minimum Gasteiger partial charge on any atom is -0.463 e. The highest BCUT2D eigenvalue weighted by Gasteiger charge is 2.03. The number of benzene rings is 3. The summed E-state index contributed by atoms with van der Waals surface area (Å²) in [6, 6.07) is 26.0. The van der Waals surface area contributed by atoms with Gasteiger partial charge in [0.1, 0.15) is 11.5 Å². The lowest BCUT2D eigenvalue weighted by Crippen LogP contribution is -2.04. The molecule has 0 saturated heterocycles. The molecule has 0 aliphatic carbocycles. The molecule has 0 amide bonds. The number of nitrogens with zero attached hydrogens (tertiary/aromatic N) is 2. The van der Waals surface area contributed by atoms with Crippen molar-refractivity contribution in [3.8, 4) is 17.5 Å². The van der Waals surface area contributed by atoms with Crippen LogP contribution in [0.15, 0.2) is 85.1 Å². The molecule has 0 spiro atoms. The standard InChI is InChI=1S/C22H18N2O2/c1-2-9-19(10-3-1)26-20-11-6-7-17(15-20)13-14-25-22-23-16-18-8-4-5-12-21(18)24-22/h1-12,15-16H,13-14H2. The predicted molar refractivity (Wildman–Crippen MR) is 102 cm³/mol. The van der Waals surface area contributed by atoms with Gasteiger partial charge in [-0.2, -0.15) is 4.98 Å². The van der Waals surface area contributed by atoms with Gasteiger partial charge in [0.15, 0.2) is 0 Å². The quantitative estimate of drug-likeness (QED) is 0.492. The number of para-hydroxylation sites is 2. The van der Waals surface area contributed by atoms with Gasteiger partial charge in [-0.05, 0) is 35.9 Å². The highest BCUT2D eigenvalue weighted by atomic mass is 16.5. The van der Waals surface area contributed by atoms with Gasteiger partial charge in [-0.25, -0.2) is 4.98 Å². The van der Waals surface area contributed by atoms with Gasteiger partial charge in [0.25, 0.3) is 0 Å². The number of rotatable bonds is 6. The third-order valence-corrected chi connectivity index (χ3v) is 3.97. The third-order valence-electron chi connectivity index (χ3n) is 3.97. The van der Waals surface area contributed by atoms with Crippen LogP contribution in [0, 0.1) is 0 Å². The summed E-state index contributed by atoms with van der Waals surface area (Å²) < 4.78 is 11.6. The van der Waals surface area contributed by atoms with Crippen molar-refractivity contribution in [2.24, 2.45) is 0 Å². The van der Waals surface area contributed by atoms with Gasteiger partial charge < -0.3 is 9.47 Å². The summed E-state index contributed by atoms with van der Waals surface area (Å²) in [7, 11) is 0. The van der Waals surface area contributed by atoms with Crippen LogP contribution in [0.3, 0.4) is 0 Å². The Morgan fingerprint density at radius 1 is 0.769 bits per heavy atom. The molecule has 4 rings (SSSR count). The minimum atomic E-state index is 0.403. The summed E-state index contributed by atoms with van der Waals surface area (Å²) >= 11 is 0. The second-order valence-electron chi connectivity index (χ2n) is 5.87. The molecule has 1 heterocycles. The lowest BCUT2D eigenvalue weighted by atomic mass is 10.1. The van der Waals surface area contributed by atoms with Crippen LogP contribution < -0.4 is 9.47 Å². The van der Waals surface area contributed by atoms with Crippen molar-refractivity contribution >= 4 is 10.9 Å². The molecule has 26 heavy (non-hydrogen) atoms. The highest BCUT2D eigenvalue weighted by Crippen LogP contribution is 2.22. The molecule has 1 aromatic heterocycles. The molecular formula is C22H18N2O2. The summed E-state index contributed by atoms with van der Waals surface area (Å²) in [6.07, 6.45) is 2.54. The summed E-state index contributed by atoms with van der Waals surface area (Å²) in [6.45, 7) is 0.507. The van der Waals surface area contributed by atoms with Gasteiger partial charge in [-0.1, -0.05) is 48.5 Å². The molecule has 4 nitrogen and oxygen atoms in total. The Bertz CT molecular complexity index is 1000. The van der Waals surface area contributed by atoms with Crippen molar-refractivity contribution in [2.75, 3.05) is 6.61 Å². The van der Waals surface area contributed by atoms with E-state index in [4.69, 9.17) is 9.47 Å². The normalized spacial score (nSPS) is 10.6. The lowest BCUT2D eigenvalue weighted by Gasteiger charge is -2.08. The average Bonchev–Trinajstić information content (AvgIpc) is 2.69. The predicted octanol–water partition coefficient (Wildman–Crippen LogP) is 5.04. The van der Waals surface area contributed by atoms with Crippen molar-refractivity contribution < 1.29 is 9.47 Å². The van der Waals surface area contributed by atoms with Gasteiger partial charge in [0.2, 0.25) is 0 Å². The van der Waals surface area contributed by atoms with Crippen LogP contribution in [0.4, 0.5) is 0 Å². The maximum Gasteiger partial charge on any atom is 0.316 e. The van der Waals surface area contributed by atoms with E-state index < -0.39 is 0 Å². The first kappa shape index (κ1) is 16.1. The fourth-order valence-electron chi connectivity index (χ4n) is 2.67. The summed E-state index contributed by atoms with van der Waals surface area (Å²) in [4.78, 5) is 8.68. The van der Waals surface area contributed by atoms with E-state index in [1.54, 1.807) is 6.20 Å².